The first-order valence-electron chi connectivity index (χ1n) is 5.76. The van der Waals surface area contributed by atoms with Gasteiger partial charge in [0.1, 0.15) is 17.2 Å². The van der Waals surface area contributed by atoms with Gasteiger partial charge in [0.2, 0.25) is 0 Å². The Morgan fingerprint density at radius 1 is 1.00 bits per heavy atom. The quantitative estimate of drug-likeness (QED) is 0.683. The standard InChI is InChI=1S/C14H7Cl2F3O3/c15-8-5-12(16)11(7-20)13(6-8)21-9-1-3-10(4-2-9)22-14(17,18)19/h1-7H. The maximum atomic E-state index is 12.1. The van der Waals surface area contributed by atoms with E-state index in [9.17, 15) is 18.0 Å². The Morgan fingerprint density at radius 3 is 2.14 bits per heavy atom. The van der Waals surface area contributed by atoms with Crippen molar-refractivity contribution in [2.75, 3.05) is 0 Å². The molecule has 2 rings (SSSR count). The van der Waals surface area contributed by atoms with Gasteiger partial charge in [-0.15, -0.1) is 13.2 Å². The molecule has 116 valence electrons. The fraction of sp³-hybridized carbons (Fsp3) is 0.0714. The van der Waals surface area contributed by atoms with Crippen LogP contribution in [0.3, 0.4) is 0 Å². The second-order valence-corrected chi connectivity index (χ2v) is 4.88. The van der Waals surface area contributed by atoms with E-state index in [1.807, 2.05) is 0 Å². The number of halogens is 5. The average molecular weight is 351 g/mol. The topological polar surface area (TPSA) is 35.5 Å². The third-order valence-corrected chi connectivity index (χ3v) is 2.99. The molecule has 0 atom stereocenters. The first kappa shape index (κ1) is 16.5. The van der Waals surface area contributed by atoms with Gasteiger partial charge in [-0.2, -0.15) is 0 Å². The van der Waals surface area contributed by atoms with Crippen molar-refractivity contribution >= 4 is 29.5 Å². The van der Waals surface area contributed by atoms with Crippen LogP contribution in [0.15, 0.2) is 36.4 Å². The van der Waals surface area contributed by atoms with Crippen molar-refractivity contribution in [3.05, 3.63) is 52.0 Å². The van der Waals surface area contributed by atoms with Gasteiger partial charge < -0.3 is 9.47 Å². The maximum absolute atomic E-state index is 12.1. The molecule has 0 bridgehead atoms. The van der Waals surface area contributed by atoms with Gasteiger partial charge in [0.05, 0.1) is 10.6 Å². The molecule has 8 heteroatoms. The Bertz CT molecular complexity index is 685. The van der Waals surface area contributed by atoms with Crippen LogP contribution < -0.4 is 9.47 Å². The minimum Gasteiger partial charge on any atom is -0.457 e. The Hall–Kier alpha value is -1.92. The molecule has 0 fully saturated rings. The molecule has 0 aliphatic heterocycles. The van der Waals surface area contributed by atoms with Gasteiger partial charge in [0, 0.05) is 11.1 Å². The van der Waals surface area contributed by atoms with Gasteiger partial charge >= 0.3 is 6.36 Å². The predicted molar refractivity (Wildman–Crippen MR) is 75.0 cm³/mol. The Kier molecular flexibility index (Phi) is 4.83. The highest BCUT2D eigenvalue weighted by Gasteiger charge is 2.31. The molecule has 0 heterocycles. The summed E-state index contributed by atoms with van der Waals surface area (Å²) in [5.74, 6) is -0.104. The molecule has 0 amide bonds. The van der Waals surface area contributed by atoms with Crippen LogP contribution in [-0.2, 0) is 0 Å². The van der Waals surface area contributed by atoms with Crippen molar-refractivity contribution in [2.24, 2.45) is 0 Å². The molecule has 0 N–H and O–H groups in total. The summed E-state index contributed by atoms with van der Waals surface area (Å²) in [7, 11) is 0. The normalized spacial score (nSPS) is 11.1. The highest BCUT2D eigenvalue weighted by atomic mass is 35.5. The number of ether oxygens (including phenoxy) is 2. The van der Waals surface area contributed by atoms with Gasteiger partial charge in [0.25, 0.3) is 0 Å². The molecule has 0 saturated carbocycles. The van der Waals surface area contributed by atoms with E-state index >= 15 is 0 Å². The van der Waals surface area contributed by atoms with Gasteiger partial charge in [0.15, 0.2) is 6.29 Å². The third-order valence-electron chi connectivity index (χ3n) is 2.46. The monoisotopic (exact) mass is 350 g/mol. The summed E-state index contributed by atoms with van der Waals surface area (Å²) < 4.78 is 45.3. The van der Waals surface area contributed by atoms with Crippen LogP contribution >= 0.6 is 23.2 Å². The van der Waals surface area contributed by atoms with E-state index < -0.39 is 6.36 Å². The molecule has 0 aromatic heterocycles. The van der Waals surface area contributed by atoms with Gasteiger partial charge in [-0.1, -0.05) is 23.2 Å². The molecule has 0 aliphatic carbocycles. The number of hydrogen-bond acceptors (Lipinski definition) is 3. The maximum Gasteiger partial charge on any atom is 0.573 e. The number of alkyl halides is 3. The zero-order valence-electron chi connectivity index (χ0n) is 10.7. The van der Waals surface area contributed by atoms with Crippen LogP contribution in [0, 0.1) is 0 Å². The smallest absolute Gasteiger partial charge is 0.457 e. The molecule has 2 aromatic rings. The Morgan fingerprint density at radius 2 is 1.59 bits per heavy atom. The average Bonchev–Trinajstić information content (AvgIpc) is 2.39. The summed E-state index contributed by atoms with van der Waals surface area (Å²) in [4.78, 5) is 11.0. The molecule has 0 spiro atoms. The number of hydrogen-bond donors (Lipinski definition) is 0. The molecule has 22 heavy (non-hydrogen) atoms. The molecular formula is C14H7Cl2F3O3. The van der Waals surface area contributed by atoms with E-state index in [1.54, 1.807) is 0 Å². The predicted octanol–water partition coefficient (Wildman–Crippen LogP) is 5.50. The molecule has 0 radical (unpaired) electrons. The lowest BCUT2D eigenvalue weighted by Gasteiger charge is -2.11. The van der Waals surface area contributed by atoms with E-state index in [-0.39, 0.29) is 32.9 Å². The first-order valence-corrected chi connectivity index (χ1v) is 6.52. The highest BCUT2D eigenvalue weighted by Crippen LogP contribution is 2.33. The number of carbonyl (C=O) groups is 1. The minimum atomic E-state index is -4.77. The summed E-state index contributed by atoms with van der Waals surface area (Å²) in [5.41, 5.74) is 0.0849. The molecule has 2 aromatic carbocycles. The van der Waals surface area contributed by atoms with E-state index in [0.29, 0.717) is 6.29 Å². The molecule has 0 aliphatic rings. The second-order valence-electron chi connectivity index (χ2n) is 4.04. The van der Waals surface area contributed by atoms with Crippen LogP contribution in [0.1, 0.15) is 10.4 Å². The van der Waals surface area contributed by atoms with Crippen LogP contribution in [0.5, 0.6) is 17.2 Å². The summed E-state index contributed by atoms with van der Waals surface area (Å²) >= 11 is 11.7. The van der Waals surface area contributed by atoms with Crippen molar-refractivity contribution in [1.29, 1.82) is 0 Å². The summed E-state index contributed by atoms with van der Waals surface area (Å²) in [5, 5.41) is 0.358. The van der Waals surface area contributed by atoms with E-state index in [1.165, 1.54) is 24.3 Å². The summed E-state index contributed by atoms with van der Waals surface area (Å²) in [6.45, 7) is 0. The number of benzene rings is 2. The van der Waals surface area contributed by atoms with Crippen molar-refractivity contribution in [2.45, 2.75) is 6.36 Å². The minimum absolute atomic E-state index is 0.0849. The lowest BCUT2D eigenvalue weighted by atomic mass is 10.2. The number of aldehydes is 1. The lowest BCUT2D eigenvalue weighted by Crippen LogP contribution is -2.16. The van der Waals surface area contributed by atoms with Crippen molar-refractivity contribution in [3.63, 3.8) is 0 Å². The van der Waals surface area contributed by atoms with E-state index in [2.05, 4.69) is 4.74 Å². The molecule has 0 unspecified atom stereocenters. The number of carbonyl (C=O) groups excluding carboxylic acids is 1. The van der Waals surface area contributed by atoms with Crippen LogP contribution in [0.2, 0.25) is 10.0 Å². The zero-order chi connectivity index (χ0) is 16.3. The van der Waals surface area contributed by atoms with Gasteiger partial charge in [-0.05, 0) is 30.3 Å². The molecule has 0 saturated heterocycles. The summed E-state index contributed by atoms with van der Waals surface area (Å²) in [6.07, 6.45) is -4.28. The zero-order valence-corrected chi connectivity index (χ0v) is 12.2. The number of rotatable bonds is 4. The van der Waals surface area contributed by atoms with Crippen molar-refractivity contribution in [3.8, 4) is 17.2 Å². The van der Waals surface area contributed by atoms with Crippen LogP contribution in [0.25, 0.3) is 0 Å². The largest absolute Gasteiger partial charge is 0.573 e. The lowest BCUT2D eigenvalue weighted by molar-refractivity contribution is -0.274. The third kappa shape index (κ3) is 4.29. The molecule has 3 nitrogen and oxygen atoms in total. The molecular weight excluding hydrogens is 344 g/mol. The van der Waals surface area contributed by atoms with Crippen LogP contribution in [-0.4, -0.2) is 12.6 Å². The summed E-state index contributed by atoms with van der Waals surface area (Å²) in [6, 6.07) is 7.41. The first-order chi connectivity index (χ1) is 10.3. The SMILES string of the molecule is O=Cc1c(Cl)cc(Cl)cc1Oc1ccc(OC(F)(F)F)cc1. The Balaban J connectivity index is 2.23. The van der Waals surface area contributed by atoms with Gasteiger partial charge in [-0.25, -0.2) is 0 Å². The van der Waals surface area contributed by atoms with Crippen molar-refractivity contribution in [1.82, 2.24) is 0 Å². The van der Waals surface area contributed by atoms with Gasteiger partial charge in [-0.3, -0.25) is 4.79 Å². The highest BCUT2D eigenvalue weighted by molar-refractivity contribution is 6.36. The second kappa shape index (κ2) is 6.46. The van der Waals surface area contributed by atoms with Crippen LogP contribution in [0.4, 0.5) is 13.2 Å². The van der Waals surface area contributed by atoms with E-state index in [4.69, 9.17) is 27.9 Å². The van der Waals surface area contributed by atoms with E-state index in [0.717, 1.165) is 12.1 Å². The fourth-order valence-electron chi connectivity index (χ4n) is 1.60. The Labute approximate surface area is 133 Å². The fourth-order valence-corrected chi connectivity index (χ4v) is 2.12. The van der Waals surface area contributed by atoms with Crippen molar-refractivity contribution < 1.29 is 27.4 Å².